The predicted molar refractivity (Wildman–Crippen MR) is 119 cm³/mol. The Morgan fingerprint density at radius 2 is 1.57 bits per heavy atom. The first kappa shape index (κ1) is 24.3. The molecule has 182 valence electrons. The summed E-state index contributed by atoms with van der Waals surface area (Å²) in [6, 6.07) is 15.0. The molecule has 0 fully saturated rings. The number of nitrogens with zero attached hydrogens (tertiary/aromatic N) is 1. The summed E-state index contributed by atoms with van der Waals surface area (Å²) < 4.78 is 57.6. The summed E-state index contributed by atoms with van der Waals surface area (Å²) >= 11 is 0. The minimum atomic E-state index is -4.84. The Labute approximate surface area is 198 Å². The Kier molecular flexibility index (Phi) is 6.51. The number of hydrogen-bond donors (Lipinski definition) is 1. The van der Waals surface area contributed by atoms with Crippen molar-refractivity contribution in [3.63, 3.8) is 0 Å². The Balaban J connectivity index is 1.70. The van der Waals surface area contributed by atoms with E-state index in [0.717, 1.165) is 46.4 Å². The second-order valence-corrected chi connectivity index (χ2v) is 8.16. The van der Waals surface area contributed by atoms with E-state index in [1.54, 1.807) is 24.3 Å². The largest absolute Gasteiger partial charge is 0.480 e. The van der Waals surface area contributed by atoms with Gasteiger partial charge >= 0.3 is 18.2 Å². The average Bonchev–Trinajstić information content (AvgIpc) is 3.14. The van der Waals surface area contributed by atoms with E-state index in [1.165, 1.54) is 0 Å². The summed E-state index contributed by atoms with van der Waals surface area (Å²) in [5, 5.41) is 10.1. The third-order valence-electron chi connectivity index (χ3n) is 6.13. The molecule has 0 unspecified atom stereocenters. The Morgan fingerprint density at radius 3 is 2.06 bits per heavy atom. The van der Waals surface area contributed by atoms with Gasteiger partial charge in [0.2, 0.25) is 0 Å². The number of carbonyl (C=O) groups excluding carboxylic acids is 1. The molecule has 0 saturated carbocycles. The molecule has 0 aromatic heterocycles. The number of alkyl halides is 3. The molecule has 9 heteroatoms. The monoisotopic (exact) mass is 487 g/mol. The number of carboxylic acids is 1. The van der Waals surface area contributed by atoms with E-state index in [2.05, 4.69) is 0 Å². The van der Waals surface area contributed by atoms with Gasteiger partial charge in [-0.25, -0.2) is 14.0 Å². The maximum atomic E-state index is 14.0. The quantitative estimate of drug-likeness (QED) is 0.429. The molecule has 5 nitrogen and oxygen atoms in total. The lowest BCUT2D eigenvalue weighted by Crippen LogP contribution is -2.47. The van der Waals surface area contributed by atoms with Gasteiger partial charge in [0.25, 0.3) is 0 Å². The SMILES string of the molecule is COC(=O)N(C1c2ccccc2-c2ccccc21)[C@@H](CCc1ccc(C(F)(F)F)c(F)c1)C(=O)O. The van der Waals surface area contributed by atoms with Crippen molar-refractivity contribution < 1.29 is 37.0 Å². The number of halogens is 4. The Bertz CT molecular complexity index is 1230. The molecule has 0 spiro atoms. The highest BCUT2D eigenvalue weighted by molar-refractivity contribution is 5.85. The highest BCUT2D eigenvalue weighted by atomic mass is 19.4. The normalized spacial score (nSPS) is 13.6. The lowest BCUT2D eigenvalue weighted by Gasteiger charge is -2.34. The van der Waals surface area contributed by atoms with E-state index in [4.69, 9.17) is 4.74 Å². The zero-order valence-corrected chi connectivity index (χ0v) is 18.6. The van der Waals surface area contributed by atoms with Crippen molar-refractivity contribution in [2.75, 3.05) is 7.11 Å². The summed E-state index contributed by atoms with van der Waals surface area (Å²) in [5.74, 6) is -2.75. The van der Waals surface area contributed by atoms with E-state index in [1.807, 2.05) is 24.3 Å². The van der Waals surface area contributed by atoms with Crippen LogP contribution in [0.25, 0.3) is 11.1 Å². The Hall–Kier alpha value is -3.88. The molecule has 0 bridgehead atoms. The van der Waals surface area contributed by atoms with E-state index in [0.29, 0.717) is 6.07 Å². The number of amides is 1. The first-order valence-electron chi connectivity index (χ1n) is 10.8. The number of carboxylic acid groups (broad SMARTS) is 1. The van der Waals surface area contributed by atoms with Gasteiger partial charge in [-0.05, 0) is 52.8 Å². The number of fused-ring (bicyclic) bond motifs is 3. The van der Waals surface area contributed by atoms with Crippen molar-refractivity contribution in [3.8, 4) is 11.1 Å². The second kappa shape index (κ2) is 9.40. The third-order valence-corrected chi connectivity index (χ3v) is 6.13. The number of aryl methyl sites for hydroxylation is 1. The highest BCUT2D eigenvalue weighted by Crippen LogP contribution is 2.47. The topological polar surface area (TPSA) is 66.8 Å². The molecule has 0 saturated heterocycles. The van der Waals surface area contributed by atoms with Crippen LogP contribution >= 0.6 is 0 Å². The number of aliphatic carboxylic acids is 1. The minimum absolute atomic E-state index is 0.0739. The average molecular weight is 487 g/mol. The first-order valence-corrected chi connectivity index (χ1v) is 10.8. The fourth-order valence-corrected chi connectivity index (χ4v) is 4.58. The molecule has 4 rings (SSSR count). The molecule has 3 aromatic carbocycles. The van der Waals surface area contributed by atoms with Crippen LogP contribution < -0.4 is 0 Å². The highest BCUT2D eigenvalue weighted by Gasteiger charge is 2.42. The molecule has 0 heterocycles. The van der Waals surface area contributed by atoms with E-state index in [-0.39, 0.29) is 18.4 Å². The van der Waals surface area contributed by atoms with Gasteiger partial charge in [-0.1, -0.05) is 54.6 Å². The lowest BCUT2D eigenvalue weighted by atomic mass is 9.98. The zero-order chi connectivity index (χ0) is 25.3. The molecule has 1 aliphatic rings. The van der Waals surface area contributed by atoms with Crippen molar-refractivity contribution in [1.29, 1.82) is 0 Å². The summed E-state index contributed by atoms with van der Waals surface area (Å²) in [6.07, 6.45) is -5.95. The molecule has 0 radical (unpaired) electrons. The standard InChI is InChI=1S/C26H21F4NO4/c1-35-25(34)31(23-18-8-4-2-6-16(18)17-7-3-5-9-19(17)23)22(24(32)33)13-11-15-10-12-20(21(27)14-15)26(28,29)30/h2-10,12,14,22-23H,11,13H2,1H3,(H,32,33)/t22-/m0/s1. The van der Waals surface area contributed by atoms with Crippen molar-refractivity contribution in [2.24, 2.45) is 0 Å². The summed E-state index contributed by atoms with van der Waals surface area (Å²) in [5.41, 5.74) is 1.95. The molecular formula is C26H21F4NO4. The summed E-state index contributed by atoms with van der Waals surface area (Å²) in [4.78, 5) is 26.4. The van der Waals surface area contributed by atoms with Crippen LogP contribution in [0, 0.1) is 5.82 Å². The van der Waals surface area contributed by atoms with Crippen LogP contribution in [0.1, 0.15) is 34.7 Å². The van der Waals surface area contributed by atoms with Crippen molar-refractivity contribution in [3.05, 3.63) is 94.8 Å². The van der Waals surface area contributed by atoms with Crippen molar-refractivity contribution in [1.82, 2.24) is 4.90 Å². The molecular weight excluding hydrogens is 466 g/mol. The van der Waals surface area contributed by atoms with Crippen LogP contribution in [0.5, 0.6) is 0 Å². The fraction of sp³-hybridized carbons (Fsp3) is 0.231. The van der Waals surface area contributed by atoms with Gasteiger partial charge in [-0.3, -0.25) is 4.90 Å². The third kappa shape index (κ3) is 4.58. The Morgan fingerprint density at radius 1 is 1.00 bits per heavy atom. The smallest absolute Gasteiger partial charge is 0.419 e. The maximum Gasteiger partial charge on any atom is 0.419 e. The number of benzene rings is 3. The number of ether oxygens (including phenoxy) is 1. The van der Waals surface area contributed by atoms with Crippen LogP contribution in [-0.4, -0.2) is 35.2 Å². The molecule has 1 amide bonds. The fourth-order valence-electron chi connectivity index (χ4n) is 4.58. The predicted octanol–water partition coefficient (Wildman–Crippen LogP) is 6.07. The number of rotatable bonds is 6. The molecule has 35 heavy (non-hydrogen) atoms. The van der Waals surface area contributed by atoms with Gasteiger partial charge in [0.15, 0.2) is 0 Å². The van der Waals surface area contributed by atoms with Gasteiger partial charge in [0.1, 0.15) is 11.9 Å². The van der Waals surface area contributed by atoms with Crippen LogP contribution in [-0.2, 0) is 22.1 Å². The van der Waals surface area contributed by atoms with Crippen LogP contribution in [0.2, 0.25) is 0 Å². The van der Waals surface area contributed by atoms with Crippen molar-refractivity contribution >= 4 is 12.1 Å². The maximum absolute atomic E-state index is 14.0. The minimum Gasteiger partial charge on any atom is -0.480 e. The molecule has 1 atom stereocenters. The number of carbonyl (C=O) groups is 2. The van der Waals surface area contributed by atoms with E-state index in [9.17, 15) is 32.3 Å². The summed E-state index contributed by atoms with van der Waals surface area (Å²) in [7, 11) is 1.15. The lowest BCUT2D eigenvalue weighted by molar-refractivity contribution is -0.143. The van der Waals surface area contributed by atoms with Gasteiger partial charge in [0.05, 0.1) is 18.7 Å². The van der Waals surface area contributed by atoms with Gasteiger partial charge < -0.3 is 9.84 Å². The molecule has 0 aliphatic heterocycles. The molecule has 3 aromatic rings. The molecule has 1 N–H and O–H groups in total. The first-order chi connectivity index (χ1) is 16.6. The molecule has 1 aliphatic carbocycles. The van der Waals surface area contributed by atoms with Gasteiger partial charge in [0, 0.05) is 0 Å². The van der Waals surface area contributed by atoms with E-state index < -0.39 is 41.7 Å². The summed E-state index contributed by atoms with van der Waals surface area (Å²) in [6.45, 7) is 0. The zero-order valence-electron chi connectivity index (χ0n) is 18.6. The van der Waals surface area contributed by atoms with Crippen LogP contribution in [0.4, 0.5) is 22.4 Å². The van der Waals surface area contributed by atoms with Gasteiger partial charge in [-0.15, -0.1) is 0 Å². The van der Waals surface area contributed by atoms with Crippen LogP contribution in [0.15, 0.2) is 66.7 Å². The number of hydrogen-bond acceptors (Lipinski definition) is 3. The van der Waals surface area contributed by atoms with Crippen LogP contribution in [0.3, 0.4) is 0 Å². The number of methoxy groups -OCH3 is 1. The van der Waals surface area contributed by atoms with Crippen molar-refractivity contribution in [2.45, 2.75) is 31.1 Å². The second-order valence-electron chi connectivity index (χ2n) is 8.16. The van der Waals surface area contributed by atoms with Gasteiger partial charge in [-0.2, -0.15) is 13.2 Å². The van der Waals surface area contributed by atoms with E-state index >= 15 is 0 Å².